The molecular formula is C6H7NS2. The fourth-order valence-corrected chi connectivity index (χ4v) is 1.81. The first-order valence-corrected chi connectivity index (χ1v) is 4.47. The van der Waals surface area contributed by atoms with E-state index in [4.69, 9.17) is 0 Å². The molecule has 0 saturated heterocycles. The van der Waals surface area contributed by atoms with Gasteiger partial charge in [-0.25, -0.2) is 4.98 Å². The molecule has 1 aromatic rings. The highest BCUT2D eigenvalue weighted by Crippen LogP contribution is 2.10. The van der Waals surface area contributed by atoms with E-state index in [1.807, 2.05) is 6.26 Å². The van der Waals surface area contributed by atoms with Gasteiger partial charge in [-0.1, -0.05) is 24.9 Å². The second-order valence-electron chi connectivity index (χ2n) is 1.55. The molecule has 1 aromatic heterocycles. The minimum Gasteiger partial charge on any atom is -0.230 e. The molecule has 0 atom stereocenters. The smallest absolute Gasteiger partial charge is 0.150 e. The summed E-state index contributed by atoms with van der Waals surface area (Å²) in [5, 5.41) is 0.810. The molecule has 0 radical (unpaired) electrons. The van der Waals surface area contributed by atoms with E-state index in [1.54, 1.807) is 23.1 Å². The van der Waals surface area contributed by atoms with Crippen LogP contribution in [0.15, 0.2) is 4.34 Å². The van der Waals surface area contributed by atoms with Crippen LogP contribution in [-0.2, 0) is 0 Å². The molecule has 0 aliphatic heterocycles. The van der Waals surface area contributed by atoms with Gasteiger partial charge < -0.3 is 0 Å². The van der Waals surface area contributed by atoms with E-state index in [-0.39, 0.29) is 0 Å². The van der Waals surface area contributed by atoms with Gasteiger partial charge in [0.25, 0.3) is 0 Å². The molecular weight excluding hydrogens is 150 g/mol. The molecule has 0 spiro atoms. The van der Waals surface area contributed by atoms with E-state index >= 15 is 0 Å². The lowest BCUT2D eigenvalue weighted by atomic mass is 10.7. The van der Waals surface area contributed by atoms with Gasteiger partial charge in [0.1, 0.15) is 0 Å². The van der Waals surface area contributed by atoms with Crippen molar-refractivity contribution in [2.24, 2.45) is 0 Å². The van der Waals surface area contributed by atoms with Gasteiger partial charge >= 0.3 is 0 Å². The maximum absolute atomic E-state index is 4.14. The van der Waals surface area contributed by atoms with Gasteiger partial charge in [-0.05, 0) is 6.26 Å². The van der Waals surface area contributed by atoms with Gasteiger partial charge in [0, 0.05) is 4.53 Å². The van der Waals surface area contributed by atoms with E-state index in [1.165, 1.54) is 0 Å². The van der Waals surface area contributed by atoms with E-state index < -0.39 is 0 Å². The van der Waals surface area contributed by atoms with Crippen LogP contribution in [0.1, 0.15) is 0 Å². The number of hydrogen-bond acceptors (Lipinski definition) is 3. The van der Waals surface area contributed by atoms with Crippen molar-refractivity contribution in [1.82, 2.24) is 4.98 Å². The average molecular weight is 157 g/mol. The summed E-state index contributed by atoms with van der Waals surface area (Å²) in [5.74, 6) is 0. The lowest BCUT2D eigenvalue weighted by Gasteiger charge is -1.77. The van der Waals surface area contributed by atoms with E-state index in [9.17, 15) is 0 Å². The third kappa shape index (κ3) is 1.34. The Kier molecular flexibility index (Phi) is 1.93. The van der Waals surface area contributed by atoms with E-state index in [0.29, 0.717) is 0 Å². The molecule has 0 aliphatic carbocycles. The minimum atomic E-state index is 0.810. The van der Waals surface area contributed by atoms with Crippen molar-refractivity contribution in [3.63, 3.8) is 0 Å². The number of thioether (sulfide) groups is 1. The van der Waals surface area contributed by atoms with Gasteiger partial charge in [0.05, 0.1) is 5.35 Å². The van der Waals surface area contributed by atoms with Crippen LogP contribution >= 0.6 is 23.1 Å². The van der Waals surface area contributed by atoms with Crippen molar-refractivity contribution >= 4 is 36.3 Å². The zero-order valence-corrected chi connectivity index (χ0v) is 6.81. The number of rotatable bonds is 1. The normalized spacial score (nSPS) is 9.89. The Balaban J connectivity index is 3.29. The Labute approximate surface area is 62.1 Å². The lowest BCUT2D eigenvalue weighted by Crippen LogP contribution is -2.15. The van der Waals surface area contributed by atoms with E-state index in [0.717, 1.165) is 14.2 Å². The standard InChI is InChI=1S/C6H7NS2/c1-4-5(2)9-6(7-4)8-3/h1-2H2,3H3. The van der Waals surface area contributed by atoms with Gasteiger partial charge in [-0.2, -0.15) is 0 Å². The predicted octanol–water partition coefficient (Wildman–Crippen LogP) is 0.686. The summed E-state index contributed by atoms with van der Waals surface area (Å²) in [6.45, 7) is 7.48. The fourth-order valence-electron chi connectivity index (χ4n) is 0.447. The molecule has 0 fully saturated rings. The quantitative estimate of drug-likeness (QED) is 0.556. The van der Waals surface area contributed by atoms with Crippen molar-refractivity contribution in [2.75, 3.05) is 6.26 Å². The Bertz CT molecular complexity index is 261. The number of aromatic nitrogens is 1. The van der Waals surface area contributed by atoms with Crippen LogP contribution < -0.4 is 9.88 Å². The molecule has 0 amide bonds. The SMILES string of the molecule is C=c1nc(SC)sc1=C. The molecule has 1 nitrogen and oxygen atoms in total. The first-order chi connectivity index (χ1) is 4.24. The van der Waals surface area contributed by atoms with Crippen molar-refractivity contribution in [2.45, 2.75) is 4.34 Å². The molecule has 0 aromatic carbocycles. The Morgan fingerprint density at radius 2 is 2.22 bits per heavy atom. The van der Waals surface area contributed by atoms with Gasteiger partial charge in [-0.3, -0.25) is 0 Å². The largest absolute Gasteiger partial charge is 0.230 e. The minimum absolute atomic E-state index is 0.810. The zero-order chi connectivity index (χ0) is 6.85. The second kappa shape index (κ2) is 2.54. The molecule has 0 saturated carbocycles. The Morgan fingerprint density at radius 3 is 2.44 bits per heavy atom. The van der Waals surface area contributed by atoms with Gasteiger partial charge in [0.15, 0.2) is 4.34 Å². The number of nitrogens with zero attached hydrogens (tertiary/aromatic N) is 1. The third-order valence-electron chi connectivity index (χ3n) is 0.933. The molecule has 0 bridgehead atoms. The maximum atomic E-state index is 4.14. The van der Waals surface area contributed by atoms with Crippen molar-refractivity contribution in [3.05, 3.63) is 9.88 Å². The second-order valence-corrected chi connectivity index (χ2v) is 3.69. The van der Waals surface area contributed by atoms with E-state index in [2.05, 4.69) is 18.1 Å². The summed E-state index contributed by atoms with van der Waals surface area (Å²) in [4.78, 5) is 4.14. The first kappa shape index (κ1) is 6.83. The molecule has 9 heavy (non-hydrogen) atoms. The van der Waals surface area contributed by atoms with Crippen molar-refractivity contribution in [1.29, 1.82) is 0 Å². The summed E-state index contributed by atoms with van der Waals surface area (Å²) < 4.78 is 2.02. The van der Waals surface area contributed by atoms with Gasteiger partial charge in [-0.15, -0.1) is 11.3 Å². The highest BCUT2D eigenvalue weighted by atomic mass is 32.2. The third-order valence-corrected chi connectivity index (χ3v) is 2.87. The first-order valence-electron chi connectivity index (χ1n) is 2.42. The average Bonchev–Trinajstić information content (AvgIpc) is 2.13. The van der Waals surface area contributed by atoms with Crippen LogP contribution in [-0.4, -0.2) is 11.2 Å². The molecule has 1 rings (SSSR count). The highest BCUT2D eigenvalue weighted by molar-refractivity contribution is 8.00. The van der Waals surface area contributed by atoms with Crippen LogP contribution in [0.3, 0.4) is 0 Å². The predicted molar refractivity (Wildman–Crippen MR) is 44.2 cm³/mol. The maximum Gasteiger partial charge on any atom is 0.150 e. The number of thiazole rings is 1. The summed E-state index contributed by atoms with van der Waals surface area (Å²) in [5.41, 5.74) is 0. The van der Waals surface area contributed by atoms with Crippen LogP contribution in [0.4, 0.5) is 0 Å². The lowest BCUT2D eigenvalue weighted by molar-refractivity contribution is 1.20. The van der Waals surface area contributed by atoms with Crippen LogP contribution in [0, 0.1) is 0 Å². The van der Waals surface area contributed by atoms with Gasteiger partial charge in [0.2, 0.25) is 0 Å². The summed E-state index contributed by atoms with van der Waals surface area (Å²) in [6, 6.07) is 0. The van der Waals surface area contributed by atoms with Crippen LogP contribution in [0.25, 0.3) is 13.2 Å². The topological polar surface area (TPSA) is 12.9 Å². The molecule has 0 N–H and O–H groups in total. The summed E-state index contributed by atoms with van der Waals surface area (Å²) in [7, 11) is 0. The summed E-state index contributed by atoms with van der Waals surface area (Å²) in [6.07, 6.45) is 2.00. The zero-order valence-electron chi connectivity index (χ0n) is 5.18. The molecule has 1 heterocycles. The molecule has 0 unspecified atom stereocenters. The number of hydrogen-bond donors (Lipinski definition) is 0. The molecule has 0 aliphatic rings. The molecule has 48 valence electrons. The molecule has 3 heteroatoms. The highest BCUT2D eigenvalue weighted by Gasteiger charge is 1.92. The fraction of sp³-hybridized carbons (Fsp3) is 0.167. The summed E-state index contributed by atoms with van der Waals surface area (Å²) >= 11 is 3.22. The van der Waals surface area contributed by atoms with Crippen molar-refractivity contribution < 1.29 is 0 Å². The van der Waals surface area contributed by atoms with Crippen LogP contribution in [0.2, 0.25) is 0 Å². The van der Waals surface area contributed by atoms with Crippen molar-refractivity contribution in [3.8, 4) is 0 Å². The monoisotopic (exact) mass is 157 g/mol. The Morgan fingerprint density at radius 1 is 1.56 bits per heavy atom. The Hall–Kier alpha value is -0.280. The van der Waals surface area contributed by atoms with Crippen LogP contribution in [0.5, 0.6) is 0 Å².